The van der Waals surface area contributed by atoms with Crippen LogP contribution in [0.5, 0.6) is 0 Å². The molecule has 2 nitrogen and oxygen atoms in total. The first-order valence-electron chi connectivity index (χ1n) is 5.42. The molecule has 14 heavy (non-hydrogen) atoms. The SMILES string of the molecule is C[Si](C)CCCOCCO[Si](C)(C)C. The van der Waals surface area contributed by atoms with Crippen molar-refractivity contribution in [1.82, 2.24) is 0 Å². The minimum absolute atomic E-state index is 0.0545. The molecular weight excluding hydrogens is 208 g/mol. The molecule has 0 aromatic rings. The maximum atomic E-state index is 5.68. The summed E-state index contributed by atoms with van der Waals surface area (Å²) in [6.07, 6.45) is 1.22. The summed E-state index contributed by atoms with van der Waals surface area (Å²) in [6, 6.07) is 1.36. The van der Waals surface area contributed by atoms with Gasteiger partial charge >= 0.3 is 0 Å². The summed E-state index contributed by atoms with van der Waals surface area (Å²) in [5.74, 6) is 0. The largest absolute Gasteiger partial charge is 0.415 e. The van der Waals surface area contributed by atoms with E-state index in [1.165, 1.54) is 12.5 Å². The summed E-state index contributed by atoms with van der Waals surface area (Å²) in [6.45, 7) is 13.7. The van der Waals surface area contributed by atoms with Crippen molar-refractivity contribution in [3.63, 3.8) is 0 Å². The molecule has 0 aliphatic rings. The second kappa shape index (κ2) is 7.62. The molecule has 0 aromatic carbocycles. The summed E-state index contributed by atoms with van der Waals surface area (Å²) in [5.41, 5.74) is 0. The minimum atomic E-state index is -1.32. The normalized spacial score (nSPS) is 12.4. The van der Waals surface area contributed by atoms with Crippen LogP contribution in [0.15, 0.2) is 0 Å². The lowest BCUT2D eigenvalue weighted by Gasteiger charge is -2.16. The van der Waals surface area contributed by atoms with E-state index in [0.29, 0.717) is 0 Å². The van der Waals surface area contributed by atoms with Crippen molar-refractivity contribution in [2.24, 2.45) is 0 Å². The summed E-state index contributed by atoms with van der Waals surface area (Å²) in [7, 11) is -1.37. The molecule has 0 aromatic heterocycles. The molecule has 0 spiro atoms. The fourth-order valence-corrected chi connectivity index (χ4v) is 2.58. The second-order valence-corrected chi connectivity index (χ2v) is 12.3. The van der Waals surface area contributed by atoms with Gasteiger partial charge in [0.25, 0.3) is 0 Å². The van der Waals surface area contributed by atoms with E-state index in [9.17, 15) is 0 Å². The average Bonchev–Trinajstić information content (AvgIpc) is 2.00. The van der Waals surface area contributed by atoms with Crippen LogP contribution in [0.25, 0.3) is 0 Å². The Morgan fingerprint density at radius 2 is 1.64 bits per heavy atom. The average molecular weight is 233 g/mol. The Kier molecular flexibility index (Phi) is 7.81. The maximum Gasteiger partial charge on any atom is 0.183 e. The number of rotatable bonds is 8. The van der Waals surface area contributed by atoms with Crippen LogP contribution in [0.4, 0.5) is 0 Å². The predicted octanol–water partition coefficient (Wildman–Crippen LogP) is 3.00. The molecule has 0 aliphatic heterocycles. The molecule has 0 bridgehead atoms. The van der Waals surface area contributed by atoms with Crippen molar-refractivity contribution in [1.29, 1.82) is 0 Å². The quantitative estimate of drug-likeness (QED) is 0.474. The molecular formula is C10H25O2Si2. The molecule has 0 saturated heterocycles. The van der Waals surface area contributed by atoms with Crippen molar-refractivity contribution < 1.29 is 9.16 Å². The van der Waals surface area contributed by atoms with Crippen molar-refractivity contribution >= 4 is 17.1 Å². The molecule has 4 heteroatoms. The van der Waals surface area contributed by atoms with E-state index in [4.69, 9.17) is 9.16 Å². The first-order chi connectivity index (χ1) is 6.42. The van der Waals surface area contributed by atoms with Crippen LogP contribution in [0.3, 0.4) is 0 Å². The monoisotopic (exact) mass is 233 g/mol. The van der Waals surface area contributed by atoms with Gasteiger partial charge in [-0.3, -0.25) is 0 Å². The Balaban J connectivity index is 3.07. The first kappa shape index (κ1) is 14.4. The number of hydrogen-bond acceptors (Lipinski definition) is 2. The van der Waals surface area contributed by atoms with Gasteiger partial charge in [-0.15, -0.1) is 0 Å². The third-order valence-electron chi connectivity index (χ3n) is 1.73. The van der Waals surface area contributed by atoms with Gasteiger partial charge < -0.3 is 9.16 Å². The Morgan fingerprint density at radius 1 is 1.00 bits per heavy atom. The molecule has 0 unspecified atom stereocenters. The molecule has 0 fully saturated rings. The summed E-state index contributed by atoms with van der Waals surface area (Å²) >= 11 is 0. The van der Waals surface area contributed by atoms with Gasteiger partial charge in [0.1, 0.15) is 0 Å². The maximum absolute atomic E-state index is 5.68. The molecule has 85 valence electrons. The highest BCUT2D eigenvalue weighted by atomic mass is 28.4. The Labute approximate surface area is 91.7 Å². The van der Waals surface area contributed by atoms with Crippen LogP contribution in [-0.4, -0.2) is 36.9 Å². The van der Waals surface area contributed by atoms with Gasteiger partial charge in [0.15, 0.2) is 8.32 Å². The highest BCUT2D eigenvalue weighted by molar-refractivity contribution is 6.69. The second-order valence-electron chi connectivity index (χ2n) is 4.88. The summed E-state index contributed by atoms with van der Waals surface area (Å²) in [5, 5.41) is 0. The van der Waals surface area contributed by atoms with E-state index in [0.717, 1.165) is 19.8 Å². The Hall–Kier alpha value is 0.354. The van der Waals surface area contributed by atoms with Crippen molar-refractivity contribution in [3.8, 4) is 0 Å². The van der Waals surface area contributed by atoms with E-state index < -0.39 is 8.32 Å². The van der Waals surface area contributed by atoms with Gasteiger partial charge in [0.05, 0.1) is 13.2 Å². The molecule has 0 heterocycles. The zero-order valence-corrected chi connectivity index (χ0v) is 12.4. The Morgan fingerprint density at radius 3 is 2.14 bits per heavy atom. The van der Waals surface area contributed by atoms with E-state index in [-0.39, 0.29) is 8.80 Å². The van der Waals surface area contributed by atoms with E-state index in [1.54, 1.807) is 0 Å². The lowest BCUT2D eigenvalue weighted by atomic mass is 10.5. The van der Waals surface area contributed by atoms with Gasteiger partial charge in [-0.05, 0) is 26.1 Å². The van der Waals surface area contributed by atoms with Gasteiger partial charge in [-0.25, -0.2) is 0 Å². The van der Waals surface area contributed by atoms with Crippen LogP contribution in [0, 0.1) is 0 Å². The molecule has 0 saturated carbocycles. The lowest BCUT2D eigenvalue weighted by Crippen LogP contribution is -2.27. The highest BCUT2D eigenvalue weighted by Gasteiger charge is 2.12. The zero-order chi connectivity index (χ0) is 11.0. The van der Waals surface area contributed by atoms with E-state index >= 15 is 0 Å². The third kappa shape index (κ3) is 12.4. The van der Waals surface area contributed by atoms with Gasteiger partial charge in [0, 0.05) is 15.4 Å². The van der Waals surface area contributed by atoms with Crippen LogP contribution < -0.4 is 0 Å². The predicted molar refractivity (Wildman–Crippen MR) is 67.0 cm³/mol. The van der Waals surface area contributed by atoms with Crippen LogP contribution in [-0.2, 0) is 9.16 Å². The molecule has 0 N–H and O–H groups in total. The Bertz CT molecular complexity index is 133. The van der Waals surface area contributed by atoms with Crippen molar-refractivity contribution in [2.45, 2.75) is 45.2 Å². The summed E-state index contributed by atoms with van der Waals surface area (Å²) < 4.78 is 11.2. The molecule has 0 rings (SSSR count). The standard InChI is InChI=1S/C10H25O2Si2/c1-13(2)10-6-7-11-8-9-12-14(3,4)5/h6-10H2,1-5H3. The van der Waals surface area contributed by atoms with Gasteiger partial charge in [-0.1, -0.05) is 19.1 Å². The number of hydrogen-bond donors (Lipinski definition) is 0. The van der Waals surface area contributed by atoms with Gasteiger partial charge in [0.2, 0.25) is 0 Å². The first-order valence-corrected chi connectivity index (χ1v) is 11.5. The van der Waals surface area contributed by atoms with Crippen LogP contribution >= 0.6 is 0 Å². The lowest BCUT2D eigenvalue weighted by molar-refractivity contribution is 0.0983. The van der Waals surface area contributed by atoms with Crippen LogP contribution in [0.2, 0.25) is 38.8 Å². The minimum Gasteiger partial charge on any atom is -0.415 e. The third-order valence-corrected chi connectivity index (χ3v) is 4.15. The molecule has 0 atom stereocenters. The zero-order valence-electron chi connectivity index (χ0n) is 10.4. The van der Waals surface area contributed by atoms with Crippen molar-refractivity contribution in [2.75, 3.05) is 19.8 Å². The summed E-state index contributed by atoms with van der Waals surface area (Å²) in [4.78, 5) is 0. The number of ether oxygens (including phenoxy) is 1. The topological polar surface area (TPSA) is 18.5 Å². The molecule has 1 radical (unpaired) electrons. The smallest absolute Gasteiger partial charge is 0.183 e. The van der Waals surface area contributed by atoms with Crippen LogP contribution in [0.1, 0.15) is 6.42 Å². The highest BCUT2D eigenvalue weighted by Crippen LogP contribution is 2.02. The fraction of sp³-hybridized carbons (Fsp3) is 1.00. The van der Waals surface area contributed by atoms with Crippen molar-refractivity contribution in [3.05, 3.63) is 0 Å². The fourth-order valence-electron chi connectivity index (χ4n) is 1.04. The van der Waals surface area contributed by atoms with Gasteiger partial charge in [-0.2, -0.15) is 0 Å². The molecule has 0 amide bonds. The van der Waals surface area contributed by atoms with E-state index in [2.05, 4.69) is 32.7 Å². The molecule has 0 aliphatic carbocycles. The van der Waals surface area contributed by atoms with E-state index in [1.807, 2.05) is 0 Å².